The molecule has 5 rings (SSSR count). The lowest BCUT2D eigenvalue weighted by Crippen LogP contribution is -2.51. The van der Waals surface area contributed by atoms with E-state index in [9.17, 15) is 0 Å². The summed E-state index contributed by atoms with van der Waals surface area (Å²) in [6, 6.07) is 0.565. The van der Waals surface area contributed by atoms with Crippen molar-refractivity contribution in [1.82, 2.24) is 10.3 Å². The Morgan fingerprint density at radius 3 is 2.00 bits per heavy atom. The van der Waals surface area contributed by atoms with Gasteiger partial charge in [0.15, 0.2) is 0 Å². The van der Waals surface area contributed by atoms with E-state index in [1.807, 2.05) is 0 Å². The smallest absolute Gasteiger partial charge is 0.0234 e. The second kappa shape index (κ2) is 5.01. The summed E-state index contributed by atoms with van der Waals surface area (Å²) in [5, 5.41) is 0. The average Bonchev–Trinajstić information content (AvgIpc) is 2.43. The lowest BCUT2D eigenvalue weighted by Gasteiger charge is -2.55. The summed E-state index contributed by atoms with van der Waals surface area (Å²) < 4.78 is 0. The molecule has 0 spiro atoms. The first-order valence-corrected chi connectivity index (χ1v) is 8.50. The quantitative estimate of drug-likeness (QED) is 0.604. The van der Waals surface area contributed by atoms with Gasteiger partial charge in [0.1, 0.15) is 0 Å². The molecule has 0 aromatic heterocycles. The predicted octanol–water partition coefficient (Wildman–Crippen LogP) is 1.99. The number of nitrogens with two attached hydrogens (primary N) is 1. The number of hydrazine groups is 1. The molecule has 19 heavy (non-hydrogen) atoms. The van der Waals surface area contributed by atoms with Crippen molar-refractivity contribution in [2.45, 2.75) is 51.0 Å². The number of piperidine rings is 1. The maximum atomic E-state index is 5.56. The molecular formula is C16H29N3. The minimum absolute atomic E-state index is 0.565. The van der Waals surface area contributed by atoms with Crippen LogP contribution in [0.3, 0.4) is 0 Å². The van der Waals surface area contributed by atoms with Crippen LogP contribution in [0.5, 0.6) is 0 Å². The van der Waals surface area contributed by atoms with Crippen molar-refractivity contribution in [3.8, 4) is 0 Å². The Hall–Kier alpha value is -0.120. The Balaban J connectivity index is 1.36. The van der Waals surface area contributed by atoms with E-state index in [0.717, 1.165) is 29.6 Å². The fourth-order valence-corrected chi connectivity index (χ4v) is 5.92. The van der Waals surface area contributed by atoms with E-state index < -0.39 is 0 Å². The molecule has 0 aromatic rings. The van der Waals surface area contributed by atoms with Crippen LogP contribution >= 0.6 is 0 Å². The van der Waals surface area contributed by atoms with Crippen molar-refractivity contribution in [2.24, 2.45) is 35.4 Å². The second-order valence-electron chi connectivity index (χ2n) is 7.84. The summed E-state index contributed by atoms with van der Waals surface area (Å²) >= 11 is 0. The molecule has 1 heterocycles. The Kier molecular flexibility index (Phi) is 3.33. The van der Waals surface area contributed by atoms with Crippen molar-refractivity contribution in [3.05, 3.63) is 0 Å². The lowest BCUT2D eigenvalue weighted by atomic mass is 9.52. The van der Waals surface area contributed by atoms with Crippen LogP contribution in [0.2, 0.25) is 0 Å². The van der Waals surface area contributed by atoms with Crippen molar-refractivity contribution < 1.29 is 0 Å². The van der Waals surface area contributed by atoms with Crippen molar-refractivity contribution >= 4 is 0 Å². The van der Waals surface area contributed by atoms with Crippen LogP contribution in [0.1, 0.15) is 44.9 Å². The van der Waals surface area contributed by atoms with Crippen LogP contribution < -0.4 is 11.3 Å². The van der Waals surface area contributed by atoms with E-state index in [-0.39, 0.29) is 0 Å². The SMILES string of the molecule is NNC1CCN(CC2C3CC4CC(C3)CC2C4)CC1. The highest BCUT2D eigenvalue weighted by Gasteiger charge is 2.48. The molecule has 3 N–H and O–H groups in total. The van der Waals surface area contributed by atoms with Gasteiger partial charge in [-0.2, -0.15) is 0 Å². The van der Waals surface area contributed by atoms with E-state index in [2.05, 4.69) is 10.3 Å². The van der Waals surface area contributed by atoms with E-state index in [0.29, 0.717) is 6.04 Å². The maximum absolute atomic E-state index is 5.56. The molecule has 0 atom stereocenters. The molecule has 0 amide bonds. The van der Waals surface area contributed by atoms with Crippen LogP contribution in [0, 0.1) is 29.6 Å². The highest BCUT2D eigenvalue weighted by Crippen LogP contribution is 2.56. The minimum atomic E-state index is 0.565. The van der Waals surface area contributed by atoms with Gasteiger partial charge < -0.3 is 4.90 Å². The van der Waals surface area contributed by atoms with Crippen LogP contribution in [-0.2, 0) is 0 Å². The topological polar surface area (TPSA) is 41.3 Å². The number of nitrogens with zero attached hydrogens (tertiary/aromatic N) is 1. The number of rotatable bonds is 3. The number of hydrogen-bond donors (Lipinski definition) is 2. The van der Waals surface area contributed by atoms with Gasteiger partial charge in [0.05, 0.1) is 0 Å². The summed E-state index contributed by atoms with van der Waals surface area (Å²) in [5.74, 6) is 11.0. The van der Waals surface area contributed by atoms with Crippen LogP contribution in [0.15, 0.2) is 0 Å². The van der Waals surface area contributed by atoms with Crippen LogP contribution in [0.4, 0.5) is 0 Å². The third-order valence-corrected chi connectivity index (χ3v) is 6.71. The molecule has 1 aliphatic heterocycles. The number of nitrogens with one attached hydrogen (secondary N) is 1. The third kappa shape index (κ3) is 2.34. The Labute approximate surface area is 117 Å². The van der Waals surface area contributed by atoms with Gasteiger partial charge in [-0.15, -0.1) is 0 Å². The predicted molar refractivity (Wildman–Crippen MR) is 77.3 cm³/mol. The summed E-state index contributed by atoms with van der Waals surface area (Å²) in [6.07, 6.45) is 10.3. The molecule has 108 valence electrons. The van der Waals surface area contributed by atoms with Gasteiger partial charge in [0, 0.05) is 12.6 Å². The monoisotopic (exact) mass is 263 g/mol. The molecule has 3 heteroatoms. The highest BCUT2D eigenvalue weighted by atomic mass is 15.2. The zero-order chi connectivity index (χ0) is 12.8. The van der Waals surface area contributed by atoms with Crippen LogP contribution in [-0.4, -0.2) is 30.6 Å². The second-order valence-corrected chi connectivity index (χ2v) is 7.84. The molecule has 4 saturated carbocycles. The fraction of sp³-hybridized carbons (Fsp3) is 1.00. The first kappa shape index (κ1) is 12.6. The maximum Gasteiger partial charge on any atom is 0.0234 e. The van der Waals surface area contributed by atoms with E-state index in [4.69, 9.17) is 5.84 Å². The third-order valence-electron chi connectivity index (χ3n) is 6.71. The van der Waals surface area contributed by atoms with Gasteiger partial charge in [-0.3, -0.25) is 11.3 Å². The van der Waals surface area contributed by atoms with Crippen molar-refractivity contribution in [2.75, 3.05) is 19.6 Å². The van der Waals surface area contributed by atoms with Gasteiger partial charge in [-0.1, -0.05) is 0 Å². The molecule has 3 nitrogen and oxygen atoms in total. The van der Waals surface area contributed by atoms with E-state index in [1.54, 1.807) is 32.1 Å². The highest BCUT2D eigenvalue weighted by molar-refractivity contribution is 4.99. The minimum Gasteiger partial charge on any atom is -0.303 e. The Morgan fingerprint density at radius 1 is 0.895 bits per heavy atom. The van der Waals surface area contributed by atoms with Crippen molar-refractivity contribution in [3.63, 3.8) is 0 Å². The number of hydrogen-bond acceptors (Lipinski definition) is 3. The Morgan fingerprint density at radius 2 is 1.47 bits per heavy atom. The first-order valence-electron chi connectivity index (χ1n) is 8.50. The van der Waals surface area contributed by atoms with Gasteiger partial charge in [-0.05, 0) is 87.6 Å². The molecule has 4 aliphatic carbocycles. The fourth-order valence-electron chi connectivity index (χ4n) is 5.92. The van der Waals surface area contributed by atoms with Gasteiger partial charge >= 0.3 is 0 Å². The molecular weight excluding hydrogens is 234 g/mol. The van der Waals surface area contributed by atoms with Crippen LogP contribution in [0.25, 0.3) is 0 Å². The molecule has 0 aromatic carbocycles. The number of likely N-dealkylation sites (tertiary alicyclic amines) is 1. The summed E-state index contributed by atoms with van der Waals surface area (Å²) in [5.41, 5.74) is 2.95. The molecule has 4 bridgehead atoms. The normalized spacial score (nSPS) is 46.9. The van der Waals surface area contributed by atoms with E-state index in [1.165, 1.54) is 32.5 Å². The standard InChI is InChI=1S/C16H29N3/c17-18-15-1-3-19(4-2-15)10-16-13-6-11-5-12(8-13)9-14(16)7-11/h11-16,18H,1-10,17H2. The molecule has 0 radical (unpaired) electrons. The van der Waals surface area contributed by atoms with Crippen molar-refractivity contribution in [1.29, 1.82) is 0 Å². The van der Waals surface area contributed by atoms with Gasteiger partial charge in [-0.25, -0.2) is 0 Å². The van der Waals surface area contributed by atoms with Gasteiger partial charge in [0.2, 0.25) is 0 Å². The Bertz CT molecular complexity index is 294. The zero-order valence-electron chi connectivity index (χ0n) is 12.1. The van der Waals surface area contributed by atoms with Gasteiger partial charge in [0.25, 0.3) is 0 Å². The summed E-state index contributed by atoms with van der Waals surface area (Å²) in [7, 11) is 0. The molecule has 1 saturated heterocycles. The molecule has 5 aliphatic rings. The average molecular weight is 263 g/mol. The first-order chi connectivity index (χ1) is 9.31. The summed E-state index contributed by atoms with van der Waals surface area (Å²) in [4.78, 5) is 2.74. The largest absolute Gasteiger partial charge is 0.303 e. The summed E-state index contributed by atoms with van der Waals surface area (Å²) in [6.45, 7) is 3.92. The molecule has 5 fully saturated rings. The lowest BCUT2D eigenvalue weighted by molar-refractivity contribution is -0.0512. The zero-order valence-corrected chi connectivity index (χ0v) is 12.1. The van der Waals surface area contributed by atoms with E-state index >= 15 is 0 Å². The molecule has 0 unspecified atom stereocenters.